The monoisotopic (exact) mass is 287 g/mol. The van der Waals surface area contributed by atoms with Crippen molar-refractivity contribution in [1.29, 1.82) is 0 Å². The molecule has 0 saturated carbocycles. The van der Waals surface area contributed by atoms with E-state index in [4.69, 9.17) is 10.5 Å². The van der Waals surface area contributed by atoms with Gasteiger partial charge < -0.3 is 15.4 Å². The van der Waals surface area contributed by atoms with Crippen LogP contribution in [0.2, 0.25) is 0 Å². The van der Waals surface area contributed by atoms with Crippen LogP contribution in [-0.4, -0.2) is 18.6 Å². The van der Waals surface area contributed by atoms with Gasteiger partial charge in [0.05, 0.1) is 23.7 Å². The fourth-order valence-corrected chi connectivity index (χ4v) is 4.50. The first kappa shape index (κ1) is 12.0. The van der Waals surface area contributed by atoms with E-state index in [2.05, 4.69) is 28.1 Å². The molecule has 5 rings (SSSR count). The Labute approximate surface area is 122 Å². The second-order valence-corrected chi connectivity index (χ2v) is 6.51. The Hall–Kier alpha value is -1.75. The normalized spacial score (nSPS) is 23.8. The average molecular weight is 287 g/mol. The van der Waals surface area contributed by atoms with Crippen molar-refractivity contribution in [3.8, 4) is 5.75 Å². The molecule has 1 saturated heterocycles. The minimum atomic E-state index is 0.428. The van der Waals surface area contributed by atoms with Crippen LogP contribution in [0.3, 0.4) is 0 Å². The number of thiazole rings is 1. The zero-order valence-corrected chi connectivity index (χ0v) is 12.2. The first-order chi connectivity index (χ1) is 9.76. The number of benzene rings is 1. The van der Waals surface area contributed by atoms with Crippen molar-refractivity contribution in [2.45, 2.75) is 24.8 Å². The van der Waals surface area contributed by atoms with Gasteiger partial charge in [-0.15, -0.1) is 0 Å². The van der Waals surface area contributed by atoms with Gasteiger partial charge in [0.2, 0.25) is 0 Å². The Kier molecular flexibility index (Phi) is 2.63. The van der Waals surface area contributed by atoms with Gasteiger partial charge in [-0.05, 0) is 25.0 Å². The molecule has 1 aromatic carbocycles. The molecule has 1 aliphatic carbocycles. The highest BCUT2D eigenvalue weighted by molar-refractivity contribution is 7.15. The predicted octanol–water partition coefficient (Wildman–Crippen LogP) is 3.17. The molecule has 0 spiro atoms. The summed E-state index contributed by atoms with van der Waals surface area (Å²) < 4.78 is 5.34. The lowest BCUT2D eigenvalue weighted by atomic mass is 9.81. The fraction of sp³-hybridized carbons (Fsp3) is 0.400. The number of rotatable bonds is 2. The molecule has 20 heavy (non-hydrogen) atoms. The lowest BCUT2D eigenvalue weighted by Crippen LogP contribution is -2.42. The van der Waals surface area contributed by atoms with Crippen molar-refractivity contribution in [1.82, 2.24) is 4.98 Å². The average Bonchev–Trinajstić information content (AvgIpc) is 2.91. The Bertz CT molecular complexity index is 654. The van der Waals surface area contributed by atoms with E-state index in [9.17, 15) is 0 Å². The number of fused-ring (bicyclic) bond motifs is 2. The standard InChI is InChI=1S/C15H17N3OS/c1-19-11-4-2-3-10(7-11)18-8-9-5-6-12(18)14-13(9)17-15(16)20-14/h2-4,7,9,12H,5-6,8H2,1H3,(H2,16,17). The van der Waals surface area contributed by atoms with Crippen LogP contribution in [0, 0.1) is 0 Å². The van der Waals surface area contributed by atoms with E-state index >= 15 is 0 Å². The molecule has 3 aliphatic rings. The fourth-order valence-electron chi connectivity index (χ4n) is 3.43. The molecule has 3 heterocycles. The SMILES string of the molecule is COc1cccc(N2CC3CCC2c2sc(N)nc23)c1. The number of piperidine rings is 1. The van der Waals surface area contributed by atoms with Gasteiger partial charge in [-0.2, -0.15) is 0 Å². The minimum absolute atomic E-state index is 0.428. The maximum Gasteiger partial charge on any atom is 0.180 e. The second kappa shape index (κ2) is 4.38. The summed E-state index contributed by atoms with van der Waals surface area (Å²) in [6.07, 6.45) is 2.41. The van der Waals surface area contributed by atoms with Gasteiger partial charge >= 0.3 is 0 Å². The second-order valence-electron chi connectivity index (χ2n) is 5.45. The quantitative estimate of drug-likeness (QED) is 0.921. The number of nitrogens with zero attached hydrogens (tertiary/aromatic N) is 2. The highest BCUT2D eigenvalue weighted by Crippen LogP contribution is 2.50. The van der Waals surface area contributed by atoms with Crippen LogP contribution in [0.15, 0.2) is 24.3 Å². The molecule has 2 bridgehead atoms. The van der Waals surface area contributed by atoms with E-state index in [0.717, 1.165) is 12.3 Å². The van der Waals surface area contributed by atoms with Crippen molar-refractivity contribution in [3.63, 3.8) is 0 Å². The Morgan fingerprint density at radius 3 is 3.15 bits per heavy atom. The van der Waals surface area contributed by atoms with Crippen LogP contribution >= 0.6 is 11.3 Å². The molecular weight excluding hydrogens is 270 g/mol. The molecule has 2 unspecified atom stereocenters. The summed E-state index contributed by atoms with van der Waals surface area (Å²) in [5.41, 5.74) is 8.39. The number of nitrogens with two attached hydrogens (primary N) is 1. The van der Waals surface area contributed by atoms with Crippen LogP contribution in [0.5, 0.6) is 5.75 Å². The maximum absolute atomic E-state index is 5.91. The molecule has 104 valence electrons. The van der Waals surface area contributed by atoms with Gasteiger partial charge in [0.15, 0.2) is 5.13 Å². The van der Waals surface area contributed by atoms with Gasteiger partial charge in [0.1, 0.15) is 5.75 Å². The van der Waals surface area contributed by atoms with E-state index < -0.39 is 0 Å². The van der Waals surface area contributed by atoms with E-state index in [0.29, 0.717) is 17.1 Å². The van der Waals surface area contributed by atoms with Crippen LogP contribution in [0.1, 0.15) is 35.4 Å². The van der Waals surface area contributed by atoms with Crippen LogP contribution in [-0.2, 0) is 0 Å². The molecule has 1 fully saturated rings. The highest BCUT2D eigenvalue weighted by Gasteiger charge is 2.41. The summed E-state index contributed by atoms with van der Waals surface area (Å²) in [7, 11) is 1.71. The number of methoxy groups -OCH3 is 1. The van der Waals surface area contributed by atoms with Gasteiger partial charge in [0, 0.05) is 24.2 Å². The van der Waals surface area contributed by atoms with Crippen molar-refractivity contribution < 1.29 is 4.74 Å². The van der Waals surface area contributed by atoms with Crippen molar-refractivity contribution >= 4 is 22.2 Å². The molecule has 2 N–H and O–H groups in total. The first-order valence-corrected chi connectivity index (χ1v) is 7.74. The van der Waals surface area contributed by atoms with E-state index in [1.807, 2.05) is 6.07 Å². The van der Waals surface area contributed by atoms with Gasteiger partial charge in [-0.3, -0.25) is 0 Å². The maximum atomic E-state index is 5.91. The molecule has 2 atom stereocenters. The largest absolute Gasteiger partial charge is 0.497 e. The van der Waals surface area contributed by atoms with Crippen molar-refractivity contribution in [2.24, 2.45) is 0 Å². The number of anilines is 2. The number of nitrogen functional groups attached to an aromatic ring is 1. The number of hydrogen-bond donors (Lipinski definition) is 1. The lowest BCUT2D eigenvalue weighted by molar-refractivity contribution is 0.387. The van der Waals surface area contributed by atoms with Crippen LogP contribution in [0.25, 0.3) is 0 Å². The van der Waals surface area contributed by atoms with E-state index in [-0.39, 0.29) is 0 Å². The zero-order valence-electron chi connectivity index (χ0n) is 11.4. The smallest absolute Gasteiger partial charge is 0.180 e. The molecule has 5 heteroatoms. The van der Waals surface area contributed by atoms with Crippen LogP contribution in [0.4, 0.5) is 10.8 Å². The molecule has 4 nitrogen and oxygen atoms in total. The van der Waals surface area contributed by atoms with Gasteiger partial charge in [0.25, 0.3) is 0 Å². The molecule has 1 aromatic heterocycles. The summed E-state index contributed by atoms with van der Waals surface area (Å²) in [6.45, 7) is 1.04. The van der Waals surface area contributed by atoms with Crippen LogP contribution < -0.4 is 15.4 Å². The molecule has 2 aliphatic heterocycles. The molecule has 0 amide bonds. The number of hydrogen-bond acceptors (Lipinski definition) is 5. The van der Waals surface area contributed by atoms with Crippen molar-refractivity contribution in [3.05, 3.63) is 34.8 Å². The third kappa shape index (κ3) is 1.69. The van der Waals surface area contributed by atoms with Crippen molar-refractivity contribution in [2.75, 3.05) is 24.3 Å². The summed E-state index contributed by atoms with van der Waals surface area (Å²) >= 11 is 1.66. The Balaban J connectivity index is 1.75. The summed E-state index contributed by atoms with van der Waals surface area (Å²) in [5.74, 6) is 1.43. The topological polar surface area (TPSA) is 51.4 Å². The van der Waals surface area contributed by atoms with Gasteiger partial charge in [-0.25, -0.2) is 4.98 Å². The third-order valence-corrected chi connectivity index (χ3v) is 5.36. The molecular formula is C15H17N3OS. The third-order valence-electron chi connectivity index (χ3n) is 4.35. The first-order valence-electron chi connectivity index (χ1n) is 6.93. The Morgan fingerprint density at radius 1 is 1.40 bits per heavy atom. The zero-order chi connectivity index (χ0) is 13.7. The highest BCUT2D eigenvalue weighted by atomic mass is 32.1. The number of ether oxygens (including phenoxy) is 1. The summed E-state index contributed by atoms with van der Waals surface area (Å²) in [4.78, 5) is 8.39. The van der Waals surface area contributed by atoms with E-state index in [1.54, 1.807) is 18.4 Å². The van der Waals surface area contributed by atoms with Gasteiger partial charge in [-0.1, -0.05) is 17.4 Å². The summed E-state index contributed by atoms with van der Waals surface area (Å²) in [6, 6.07) is 8.75. The van der Waals surface area contributed by atoms with E-state index in [1.165, 1.54) is 29.1 Å². The molecule has 0 radical (unpaired) electrons. The number of aromatic nitrogens is 1. The minimum Gasteiger partial charge on any atom is -0.497 e. The molecule has 2 aromatic rings. The summed E-state index contributed by atoms with van der Waals surface area (Å²) in [5, 5.41) is 0.708. The lowest BCUT2D eigenvalue weighted by Gasteiger charge is -2.45. The Morgan fingerprint density at radius 2 is 2.30 bits per heavy atom. The predicted molar refractivity (Wildman–Crippen MR) is 81.6 cm³/mol.